The van der Waals surface area contributed by atoms with E-state index in [-0.39, 0.29) is 12.4 Å². The van der Waals surface area contributed by atoms with Crippen LogP contribution in [-0.2, 0) is 19.7 Å². The number of rotatable bonds is 8. The van der Waals surface area contributed by atoms with Crippen LogP contribution in [0.3, 0.4) is 0 Å². The van der Waals surface area contributed by atoms with Gasteiger partial charge in [-0.15, -0.1) is 12.4 Å². The molecule has 34 heavy (non-hydrogen) atoms. The third kappa shape index (κ3) is 5.71. The Bertz CT molecular complexity index is 1330. The van der Waals surface area contributed by atoms with E-state index in [1.165, 1.54) is 5.56 Å². The Balaban J connectivity index is 0.00000274. The Morgan fingerprint density at radius 2 is 1.41 bits per heavy atom. The van der Waals surface area contributed by atoms with E-state index in [0.717, 1.165) is 38.9 Å². The average Bonchev–Trinajstić information content (AvgIpc) is 3.21. The van der Waals surface area contributed by atoms with Crippen molar-refractivity contribution in [2.45, 2.75) is 19.7 Å². The van der Waals surface area contributed by atoms with Gasteiger partial charge in [0.15, 0.2) is 0 Å². The Morgan fingerprint density at radius 1 is 0.735 bits per heavy atom. The highest BCUT2D eigenvalue weighted by atomic mass is 35.5. The number of para-hydroxylation sites is 2. The van der Waals surface area contributed by atoms with Crippen LogP contribution >= 0.6 is 24.0 Å². The predicted molar refractivity (Wildman–Crippen MR) is 142 cm³/mol. The number of imidazole rings is 1. The Morgan fingerprint density at radius 3 is 2.18 bits per heavy atom. The summed E-state index contributed by atoms with van der Waals surface area (Å²) in [6.45, 7) is 1.95. The van der Waals surface area contributed by atoms with Gasteiger partial charge < -0.3 is 14.6 Å². The van der Waals surface area contributed by atoms with Crippen LogP contribution in [0.2, 0.25) is 5.02 Å². The minimum atomic E-state index is 0. The molecule has 0 spiro atoms. The molecule has 1 heterocycles. The lowest BCUT2D eigenvalue weighted by Crippen LogP contribution is -2.08. The van der Waals surface area contributed by atoms with Crippen molar-refractivity contribution in [3.63, 3.8) is 0 Å². The maximum Gasteiger partial charge on any atom is 0.204 e. The van der Waals surface area contributed by atoms with Gasteiger partial charge in [0.1, 0.15) is 12.4 Å². The summed E-state index contributed by atoms with van der Waals surface area (Å²) < 4.78 is 8.10. The van der Waals surface area contributed by atoms with Gasteiger partial charge in [-0.1, -0.05) is 78.3 Å². The number of fused-ring (bicyclic) bond motifs is 1. The van der Waals surface area contributed by atoms with E-state index in [2.05, 4.69) is 52.3 Å². The predicted octanol–water partition coefficient (Wildman–Crippen LogP) is 7.35. The Hall–Kier alpha value is -3.47. The molecule has 0 amide bonds. The molecule has 0 saturated carbocycles. The van der Waals surface area contributed by atoms with E-state index in [1.54, 1.807) is 0 Å². The fraction of sp³-hybridized carbons (Fsp3) is 0.107. The minimum Gasteiger partial charge on any atom is -0.489 e. The molecule has 0 fully saturated rings. The highest BCUT2D eigenvalue weighted by Crippen LogP contribution is 2.23. The molecule has 0 atom stereocenters. The maximum absolute atomic E-state index is 6.06. The monoisotopic (exact) mass is 489 g/mol. The molecule has 0 radical (unpaired) electrons. The van der Waals surface area contributed by atoms with E-state index in [1.807, 2.05) is 60.7 Å². The highest BCUT2D eigenvalue weighted by molar-refractivity contribution is 6.30. The zero-order valence-electron chi connectivity index (χ0n) is 18.5. The quantitative estimate of drug-likeness (QED) is 0.247. The molecule has 0 aliphatic rings. The number of anilines is 1. The molecule has 0 unspecified atom stereocenters. The minimum absolute atomic E-state index is 0. The van der Waals surface area contributed by atoms with Crippen molar-refractivity contribution in [2.75, 3.05) is 5.32 Å². The zero-order chi connectivity index (χ0) is 22.5. The number of aromatic nitrogens is 2. The fourth-order valence-corrected chi connectivity index (χ4v) is 3.89. The van der Waals surface area contributed by atoms with Crippen LogP contribution in [0.4, 0.5) is 5.95 Å². The number of hydrogen-bond acceptors (Lipinski definition) is 3. The van der Waals surface area contributed by atoms with Gasteiger partial charge in [-0.25, -0.2) is 4.98 Å². The molecule has 1 N–H and O–H groups in total. The molecule has 0 aliphatic heterocycles. The lowest BCUT2D eigenvalue weighted by atomic mass is 10.2. The van der Waals surface area contributed by atoms with Gasteiger partial charge in [0.2, 0.25) is 5.95 Å². The van der Waals surface area contributed by atoms with Crippen LogP contribution in [0.25, 0.3) is 11.0 Å². The zero-order valence-corrected chi connectivity index (χ0v) is 20.1. The first-order valence-electron chi connectivity index (χ1n) is 10.9. The lowest BCUT2D eigenvalue weighted by molar-refractivity contribution is 0.306. The van der Waals surface area contributed by atoms with Crippen molar-refractivity contribution in [3.05, 3.63) is 125 Å². The molecule has 4 aromatic carbocycles. The second-order valence-electron chi connectivity index (χ2n) is 7.91. The van der Waals surface area contributed by atoms with Crippen molar-refractivity contribution in [1.82, 2.24) is 9.55 Å². The second kappa shape index (κ2) is 11.1. The largest absolute Gasteiger partial charge is 0.489 e. The molecule has 1 aromatic heterocycles. The van der Waals surface area contributed by atoms with E-state index in [9.17, 15) is 0 Å². The van der Waals surface area contributed by atoms with Crippen molar-refractivity contribution in [3.8, 4) is 5.75 Å². The van der Waals surface area contributed by atoms with Crippen LogP contribution in [0, 0.1) is 0 Å². The number of hydrogen-bond donors (Lipinski definition) is 1. The van der Waals surface area contributed by atoms with Crippen LogP contribution in [0.5, 0.6) is 5.75 Å². The van der Waals surface area contributed by atoms with Gasteiger partial charge in [-0.3, -0.25) is 0 Å². The molecule has 0 bridgehead atoms. The van der Waals surface area contributed by atoms with Crippen LogP contribution < -0.4 is 10.1 Å². The summed E-state index contributed by atoms with van der Waals surface area (Å²) in [5, 5.41) is 4.25. The molecule has 0 saturated heterocycles. The number of halogens is 2. The van der Waals surface area contributed by atoms with Gasteiger partial charge in [-0.05, 0) is 53.1 Å². The lowest BCUT2D eigenvalue weighted by Gasteiger charge is -2.12. The van der Waals surface area contributed by atoms with Crippen molar-refractivity contribution >= 4 is 41.0 Å². The van der Waals surface area contributed by atoms with Crippen LogP contribution in [0.15, 0.2) is 103 Å². The van der Waals surface area contributed by atoms with Gasteiger partial charge in [-0.2, -0.15) is 0 Å². The van der Waals surface area contributed by atoms with Gasteiger partial charge in [0.25, 0.3) is 0 Å². The van der Waals surface area contributed by atoms with Crippen molar-refractivity contribution < 1.29 is 4.74 Å². The smallest absolute Gasteiger partial charge is 0.204 e. The summed E-state index contributed by atoms with van der Waals surface area (Å²) in [6, 6.07) is 34.5. The summed E-state index contributed by atoms with van der Waals surface area (Å²) in [5.74, 6) is 1.70. The first-order valence-corrected chi connectivity index (χ1v) is 11.3. The first kappa shape index (κ1) is 23.7. The topological polar surface area (TPSA) is 39.1 Å². The number of benzene rings is 4. The number of ether oxygens (including phenoxy) is 1. The molecule has 5 rings (SSSR count). The summed E-state index contributed by atoms with van der Waals surface area (Å²) >= 11 is 6.06. The summed E-state index contributed by atoms with van der Waals surface area (Å²) in [7, 11) is 0. The van der Waals surface area contributed by atoms with Gasteiger partial charge >= 0.3 is 0 Å². The fourth-order valence-electron chi connectivity index (χ4n) is 3.77. The molecule has 172 valence electrons. The third-order valence-electron chi connectivity index (χ3n) is 5.53. The van der Waals surface area contributed by atoms with Crippen LogP contribution in [0.1, 0.15) is 16.7 Å². The number of nitrogens with one attached hydrogen (secondary N) is 1. The van der Waals surface area contributed by atoms with E-state index in [4.69, 9.17) is 21.3 Å². The normalized spacial score (nSPS) is 10.6. The maximum atomic E-state index is 6.06. The Kier molecular flexibility index (Phi) is 7.73. The summed E-state index contributed by atoms with van der Waals surface area (Å²) in [5.41, 5.74) is 5.55. The average molecular weight is 490 g/mol. The molecular weight excluding hydrogens is 465 g/mol. The standard InChI is InChI=1S/C28H24ClN3O.ClH/c29-24-14-10-22(11-15-24)19-32-27-9-5-4-8-26(27)31-28(32)30-18-21-12-16-25(17-13-21)33-20-23-6-2-1-3-7-23;/h1-17H,18-20H2,(H,30,31);1H. The first-order chi connectivity index (χ1) is 16.2. The SMILES string of the molecule is Cl.Clc1ccc(Cn2c(NCc3ccc(OCc4ccccc4)cc3)nc3ccccc32)cc1. The van der Waals surface area contributed by atoms with Gasteiger partial charge in [0, 0.05) is 11.6 Å². The number of nitrogens with zero attached hydrogens (tertiary/aromatic N) is 2. The molecule has 5 aromatic rings. The van der Waals surface area contributed by atoms with Crippen molar-refractivity contribution in [1.29, 1.82) is 0 Å². The molecule has 0 aliphatic carbocycles. The Labute approximate surface area is 210 Å². The molecule has 4 nitrogen and oxygen atoms in total. The van der Waals surface area contributed by atoms with E-state index >= 15 is 0 Å². The summed E-state index contributed by atoms with van der Waals surface area (Å²) in [6.07, 6.45) is 0. The van der Waals surface area contributed by atoms with E-state index < -0.39 is 0 Å². The second-order valence-corrected chi connectivity index (χ2v) is 8.34. The highest BCUT2D eigenvalue weighted by Gasteiger charge is 2.11. The van der Waals surface area contributed by atoms with Gasteiger partial charge in [0.05, 0.1) is 17.6 Å². The molecule has 6 heteroatoms. The van der Waals surface area contributed by atoms with E-state index in [0.29, 0.717) is 19.7 Å². The van der Waals surface area contributed by atoms with Crippen LogP contribution in [-0.4, -0.2) is 9.55 Å². The third-order valence-corrected chi connectivity index (χ3v) is 5.78. The van der Waals surface area contributed by atoms with Crippen molar-refractivity contribution in [2.24, 2.45) is 0 Å². The summed E-state index contributed by atoms with van der Waals surface area (Å²) in [4.78, 5) is 4.82. The molecular formula is C28H25Cl2N3O.